The van der Waals surface area contributed by atoms with Crippen molar-refractivity contribution in [1.29, 1.82) is 0 Å². The molecule has 0 unspecified atom stereocenters. The summed E-state index contributed by atoms with van der Waals surface area (Å²) in [5.41, 5.74) is 6.59. The number of nitrogens with two attached hydrogens (primary N) is 1. The van der Waals surface area contributed by atoms with Gasteiger partial charge in [0.25, 0.3) is 0 Å². The molecule has 0 spiro atoms. The molecule has 1 saturated carbocycles. The van der Waals surface area contributed by atoms with Crippen LogP contribution >= 0.6 is 0 Å². The monoisotopic (exact) mass is 278 g/mol. The summed E-state index contributed by atoms with van der Waals surface area (Å²) in [6.45, 7) is 0.702. The number of carbonyl (C=O) groups is 1. The fraction of sp³-hybridized carbons (Fsp3) is 0.533. The zero-order valence-corrected chi connectivity index (χ0v) is 11.5. The first-order valence-corrected chi connectivity index (χ1v) is 7.10. The summed E-state index contributed by atoms with van der Waals surface area (Å²) in [6.07, 6.45) is 5.20. The minimum Gasteiger partial charge on any atom is -0.504 e. The highest BCUT2D eigenvalue weighted by Gasteiger charge is 2.19. The summed E-state index contributed by atoms with van der Waals surface area (Å²) >= 11 is 0. The van der Waals surface area contributed by atoms with Gasteiger partial charge in [0.1, 0.15) is 0 Å². The third kappa shape index (κ3) is 3.87. The third-order valence-corrected chi connectivity index (χ3v) is 3.87. The normalized spacial score (nSPS) is 17.1. The zero-order valence-electron chi connectivity index (χ0n) is 11.5. The number of hydrogen-bond donors (Lipinski definition) is 4. The second-order valence-corrected chi connectivity index (χ2v) is 5.53. The highest BCUT2D eigenvalue weighted by Crippen LogP contribution is 2.25. The van der Waals surface area contributed by atoms with E-state index < -0.39 is 6.04 Å². The number of nitrogens with one attached hydrogen (secondary N) is 1. The summed E-state index contributed by atoms with van der Waals surface area (Å²) in [7, 11) is 0. The average molecular weight is 278 g/mol. The Hall–Kier alpha value is -1.75. The summed E-state index contributed by atoms with van der Waals surface area (Å²) in [4.78, 5) is 11.9. The number of carbonyl (C=O) groups excluding carboxylic acids is 1. The van der Waals surface area contributed by atoms with E-state index in [0.717, 1.165) is 5.56 Å². The van der Waals surface area contributed by atoms with Gasteiger partial charge in [0.05, 0.1) is 6.04 Å². The minimum absolute atomic E-state index is 0.163. The number of amides is 1. The van der Waals surface area contributed by atoms with Crippen molar-refractivity contribution in [3.63, 3.8) is 0 Å². The summed E-state index contributed by atoms with van der Waals surface area (Å²) < 4.78 is 0. The van der Waals surface area contributed by atoms with E-state index in [1.165, 1.54) is 37.8 Å². The SMILES string of the molecule is N[C@@H](Cc1ccc(O)c(O)c1)C(=O)NCC1CCCC1. The topological polar surface area (TPSA) is 95.6 Å². The lowest BCUT2D eigenvalue weighted by Crippen LogP contribution is -2.43. The van der Waals surface area contributed by atoms with Gasteiger partial charge in [0, 0.05) is 6.54 Å². The van der Waals surface area contributed by atoms with E-state index in [9.17, 15) is 15.0 Å². The van der Waals surface area contributed by atoms with Gasteiger partial charge in [-0.15, -0.1) is 0 Å². The van der Waals surface area contributed by atoms with Gasteiger partial charge in [-0.3, -0.25) is 4.79 Å². The average Bonchev–Trinajstić information content (AvgIpc) is 2.93. The Morgan fingerprint density at radius 1 is 1.30 bits per heavy atom. The van der Waals surface area contributed by atoms with Crippen LogP contribution in [0.2, 0.25) is 0 Å². The Bertz CT molecular complexity index is 470. The molecule has 0 bridgehead atoms. The maximum Gasteiger partial charge on any atom is 0.237 e. The van der Waals surface area contributed by atoms with Crippen molar-refractivity contribution in [1.82, 2.24) is 5.32 Å². The molecule has 1 atom stereocenters. The van der Waals surface area contributed by atoms with Gasteiger partial charge in [-0.05, 0) is 42.9 Å². The van der Waals surface area contributed by atoms with Crippen molar-refractivity contribution in [3.8, 4) is 11.5 Å². The quantitative estimate of drug-likeness (QED) is 0.610. The molecule has 0 saturated heterocycles. The molecule has 1 fully saturated rings. The Kier molecular flexibility index (Phi) is 4.84. The molecule has 110 valence electrons. The second-order valence-electron chi connectivity index (χ2n) is 5.53. The molecule has 5 nitrogen and oxygen atoms in total. The lowest BCUT2D eigenvalue weighted by atomic mass is 10.0. The lowest BCUT2D eigenvalue weighted by molar-refractivity contribution is -0.122. The van der Waals surface area contributed by atoms with Gasteiger partial charge >= 0.3 is 0 Å². The highest BCUT2D eigenvalue weighted by atomic mass is 16.3. The fourth-order valence-electron chi connectivity index (χ4n) is 2.63. The predicted molar refractivity (Wildman–Crippen MR) is 76.4 cm³/mol. The first-order valence-electron chi connectivity index (χ1n) is 7.10. The number of aromatic hydroxyl groups is 2. The molecule has 0 aliphatic heterocycles. The molecule has 0 heterocycles. The van der Waals surface area contributed by atoms with E-state index in [0.29, 0.717) is 18.9 Å². The fourth-order valence-corrected chi connectivity index (χ4v) is 2.63. The predicted octanol–water partition coefficient (Wildman–Crippen LogP) is 1.27. The molecular weight excluding hydrogens is 256 g/mol. The third-order valence-electron chi connectivity index (χ3n) is 3.87. The molecule has 1 aliphatic rings. The first kappa shape index (κ1) is 14.7. The van der Waals surface area contributed by atoms with Crippen LogP contribution in [0.5, 0.6) is 11.5 Å². The van der Waals surface area contributed by atoms with Crippen molar-refractivity contribution in [2.45, 2.75) is 38.1 Å². The van der Waals surface area contributed by atoms with Gasteiger partial charge in [-0.2, -0.15) is 0 Å². The molecule has 0 radical (unpaired) electrons. The Labute approximate surface area is 118 Å². The lowest BCUT2D eigenvalue weighted by Gasteiger charge is -2.15. The molecule has 20 heavy (non-hydrogen) atoms. The van der Waals surface area contributed by atoms with Crippen LogP contribution in [0.15, 0.2) is 18.2 Å². The minimum atomic E-state index is -0.639. The van der Waals surface area contributed by atoms with Gasteiger partial charge in [0.2, 0.25) is 5.91 Å². The molecule has 1 amide bonds. The molecule has 2 rings (SSSR count). The second kappa shape index (κ2) is 6.61. The van der Waals surface area contributed by atoms with Crippen LogP contribution in [0, 0.1) is 5.92 Å². The van der Waals surface area contributed by atoms with Crippen molar-refractivity contribution in [2.75, 3.05) is 6.54 Å². The molecule has 1 aromatic rings. The van der Waals surface area contributed by atoms with Crippen LogP contribution in [0.25, 0.3) is 0 Å². The smallest absolute Gasteiger partial charge is 0.237 e. The van der Waals surface area contributed by atoms with E-state index in [4.69, 9.17) is 5.73 Å². The maximum atomic E-state index is 11.9. The standard InChI is InChI=1S/C15H22N2O3/c16-12(7-11-5-6-13(18)14(19)8-11)15(20)17-9-10-3-1-2-4-10/h5-6,8,10,12,18-19H,1-4,7,9,16H2,(H,17,20)/t12-/m0/s1. The maximum absolute atomic E-state index is 11.9. The summed E-state index contributed by atoms with van der Waals surface area (Å²) in [5.74, 6) is 0.0578. The van der Waals surface area contributed by atoms with Gasteiger partial charge in [-0.25, -0.2) is 0 Å². The Morgan fingerprint density at radius 2 is 2.00 bits per heavy atom. The van der Waals surface area contributed by atoms with Crippen molar-refractivity contribution >= 4 is 5.91 Å². The molecule has 0 aromatic heterocycles. The first-order chi connectivity index (χ1) is 9.56. The number of phenols is 2. The van der Waals surface area contributed by atoms with E-state index in [1.54, 1.807) is 6.07 Å². The molecule has 5 heteroatoms. The van der Waals surface area contributed by atoms with Gasteiger partial charge in [0.15, 0.2) is 11.5 Å². The van der Waals surface area contributed by atoms with E-state index in [-0.39, 0.29) is 17.4 Å². The number of hydrogen-bond acceptors (Lipinski definition) is 4. The van der Waals surface area contributed by atoms with Crippen LogP contribution in [-0.4, -0.2) is 28.7 Å². The van der Waals surface area contributed by atoms with E-state index >= 15 is 0 Å². The number of benzene rings is 1. The van der Waals surface area contributed by atoms with Crippen molar-refractivity contribution in [3.05, 3.63) is 23.8 Å². The van der Waals surface area contributed by atoms with Crippen LogP contribution < -0.4 is 11.1 Å². The molecule has 1 aliphatic carbocycles. The van der Waals surface area contributed by atoms with Crippen molar-refractivity contribution in [2.24, 2.45) is 11.7 Å². The number of phenolic OH excluding ortho intramolecular Hbond substituents is 2. The number of rotatable bonds is 5. The van der Waals surface area contributed by atoms with Crippen LogP contribution in [0.1, 0.15) is 31.2 Å². The van der Waals surface area contributed by atoms with Gasteiger partial charge in [-0.1, -0.05) is 18.9 Å². The summed E-state index contributed by atoms with van der Waals surface area (Å²) in [5, 5.41) is 21.5. The van der Waals surface area contributed by atoms with Gasteiger partial charge < -0.3 is 21.3 Å². The molecule has 1 aromatic carbocycles. The van der Waals surface area contributed by atoms with Crippen LogP contribution in [-0.2, 0) is 11.2 Å². The highest BCUT2D eigenvalue weighted by molar-refractivity contribution is 5.81. The zero-order chi connectivity index (χ0) is 14.5. The van der Waals surface area contributed by atoms with Crippen LogP contribution in [0.3, 0.4) is 0 Å². The van der Waals surface area contributed by atoms with E-state index in [1.807, 2.05) is 0 Å². The molecular formula is C15H22N2O3. The van der Waals surface area contributed by atoms with E-state index in [2.05, 4.69) is 5.32 Å². The van der Waals surface area contributed by atoms with Crippen molar-refractivity contribution < 1.29 is 15.0 Å². The largest absolute Gasteiger partial charge is 0.504 e. The Morgan fingerprint density at radius 3 is 2.65 bits per heavy atom. The Balaban J connectivity index is 1.81. The summed E-state index contributed by atoms with van der Waals surface area (Å²) in [6, 6.07) is 3.84. The van der Waals surface area contributed by atoms with Crippen LogP contribution in [0.4, 0.5) is 0 Å². The molecule has 5 N–H and O–H groups in total.